The van der Waals surface area contributed by atoms with E-state index in [1.165, 1.54) is 0 Å². The van der Waals surface area contributed by atoms with Crippen LogP contribution in [0, 0.1) is 0 Å². The number of benzene rings is 3. The fraction of sp³-hybridized carbons (Fsp3) is 0.105. The van der Waals surface area contributed by atoms with Crippen LogP contribution in [0.2, 0.25) is 5.02 Å². The van der Waals surface area contributed by atoms with Crippen molar-refractivity contribution in [1.82, 2.24) is 0 Å². The summed E-state index contributed by atoms with van der Waals surface area (Å²) in [5, 5.41) is 15.2. The average molecular weight is 324 g/mol. The van der Waals surface area contributed by atoms with Gasteiger partial charge in [-0.3, -0.25) is 4.79 Å². The standard InChI is InChI=1S/C19H14ClNO2/c20-16-6-2-1-4-11(16)15-10-18(23)21-19-13-5-3-7-17(22)12(13)8-9-14(15)19/h1-9,15,22H,10H2,(H,21,23). The first-order valence-corrected chi connectivity index (χ1v) is 7.82. The minimum Gasteiger partial charge on any atom is -0.507 e. The van der Waals surface area contributed by atoms with Crippen LogP contribution in [0.25, 0.3) is 10.8 Å². The lowest BCUT2D eigenvalue weighted by molar-refractivity contribution is -0.116. The van der Waals surface area contributed by atoms with Crippen molar-refractivity contribution in [2.45, 2.75) is 12.3 Å². The molecule has 0 fully saturated rings. The van der Waals surface area contributed by atoms with Crippen LogP contribution in [-0.2, 0) is 4.79 Å². The van der Waals surface area contributed by atoms with Gasteiger partial charge in [-0.25, -0.2) is 0 Å². The molecule has 3 aromatic rings. The highest BCUT2D eigenvalue weighted by Gasteiger charge is 2.29. The molecule has 0 spiro atoms. The molecule has 1 heterocycles. The van der Waals surface area contributed by atoms with Gasteiger partial charge in [-0.15, -0.1) is 0 Å². The Bertz CT molecular complexity index is 936. The molecule has 1 atom stereocenters. The Labute approximate surface area is 138 Å². The monoisotopic (exact) mass is 323 g/mol. The summed E-state index contributed by atoms with van der Waals surface area (Å²) in [6.45, 7) is 0. The summed E-state index contributed by atoms with van der Waals surface area (Å²) in [6, 6.07) is 16.8. The zero-order valence-electron chi connectivity index (χ0n) is 12.2. The third kappa shape index (κ3) is 2.25. The molecule has 1 amide bonds. The molecule has 1 unspecified atom stereocenters. The van der Waals surface area contributed by atoms with Crippen LogP contribution in [0.1, 0.15) is 23.5 Å². The van der Waals surface area contributed by atoms with Gasteiger partial charge < -0.3 is 10.4 Å². The van der Waals surface area contributed by atoms with Gasteiger partial charge in [-0.2, -0.15) is 0 Å². The number of fused-ring (bicyclic) bond motifs is 3. The van der Waals surface area contributed by atoms with E-state index in [2.05, 4.69) is 5.32 Å². The number of hydrogen-bond donors (Lipinski definition) is 2. The number of amides is 1. The molecule has 0 saturated heterocycles. The first kappa shape index (κ1) is 14.1. The maximum absolute atomic E-state index is 12.2. The van der Waals surface area contributed by atoms with Gasteiger partial charge in [0, 0.05) is 28.1 Å². The zero-order chi connectivity index (χ0) is 16.0. The summed E-state index contributed by atoms with van der Waals surface area (Å²) in [6.07, 6.45) is 0.362. The summed E-state index contributed by atoms with van der Waals surface area (Å²) in [5.41, 5.74) is 2.74. The molecule has 3 nitrogen and oxygen atoms in total. The highest BCUT2D eigenvalue weighted by atomic mass is 35.5. The third-order valence-electron chi connectivity index (χ3n) is 4.38. The Morgan fingerprint density at radius 3 is 2.61 bits per heavy atom. The molecule has 1 aliphatic rings. The van der Waals surface area contributed by atoms with E-state index in [0.29, 0.717) is 11.4 Å². The van der Waals surface area contributed by atoms with Crippen molar-refractivity contribution in [3.05, 3.63) is 70.7 Å². The Balaban J connectivity index is 1.98. The van der Waals surface area contributed by atoms with Crippen LogP contribution in [0.3, 0.4) is 0 Å². The van der Waals surface area contributed by atoms with Crippen LogP contribution >= 0.6 is 11.6 Å². The molecule has 23 heavy (non-hydrogen) atoms. The molecule has 0 bridgehead atoms. The molecule has 1 aliphatic heterocycles. The van der Waals surface area contributed by atoms with E-state index in [-0.39, 0.29) is 17.6 Å². The summed E-state index contributed by atoms with van der Waals surface area (Å²) < 4.78 is 0. The van der Waals surface area contributed by atoms with Crippen molar-refractivity contribution in [3.8, 4) is 5.75 Å². The van der Waals surface area contributed by atoms with E-state index in [0.717, 1.165) is 27.6 Å². The molecule has 4 heteroatoms. The predicted octanol–water partition coefficient (Wildman–Crippen LogP) is 4.67. The summed E-state index contributed by atoms with van der Waals surface area (Å²) in [7, 11) is 0. The predicted molar refractivity (Wildman–Crippen MR) is 92.2 cm³/mol. The summed E-state index contributed by atoms with van der Waals surface area (Å²) in [5.74, 6) is 0.0804. The highest BCUT2D eigenvalue weighted by Crippen LogP contribution is 2.43. The number of aromatic hydroxyl groups is 1. The fourth-order valence-corrected chi connectivity index (χ4v) is 3.58. The first-order valence-electron chi connectivity index (χ1n) is 7.44. The average Bonchev–Trinajstić information content (AvgIpc) is 2.55. The Morgan fingerprint density at radius 2 is 1.78 bits per heavy atom. The molecule has 4 rings (SSSR count). The number of rotatable bonds is 1. The Hall–Kier alpha value is -2.52. The van der Waals surface area contributed by atoms with Crippen molar-refractivity contribution in [2.75, 3.05) is 5.32 Å². The number of hydrogen-bond acceptors (Lipinski definition) is 2. The molecule has 0 radical (unpaired) electrons. The molecular weight excluding hydrogens is 310 g/mol. The number of nitrogens with one attached hydrogen (secondary N) is 1. The lowest BCUT2D eigenvalue weighted by Crippen LogP contribution is -2.23. The lowest BCUT2D eigenvalue weighted by Gasteiger charge is -2.28. The highest BCUT2D eigenvalue weighted by molar-refractivity contribution is 6.31. The molecule has 2 N–H and O–H groups in total. The van der Waals surface area contributed by atoms with Crippen molar-refractivity contribution in [1.29, 1.82) is 0 Å². The maximum atomic E-state index is 12.2. The number of anilines is 1. The van der Waals surface area contributed by atoms with Crippen LogP contribution < -0.4 is 5.32 Å². The molecule has 0 aliphatic carbocycles. The van der Waals surface area contributed by atoms with Crippen LogP contribution in [0.15, 0.2) is 54.6 Å². The van der Waals surface area contributed by atoms with Gasteiger partial charge >= 0.3 is 0 Å². The largest absolute Gasteiger partial charge is 0.507 e. The molecule has 3 aromatic carbocycles. The van der Waals surface area contributed by atoms with E-state index in [1.54, 1.807) is 12.1 Å². The molecular formula is C19H14ClNO2. The van der Waals surface area contributed by atoms with E-state index in [4.69, 9.17) is 11.6 Å². The topological polar surface area (TPSA) is 49.3 Å². The minimum absolute atomic E-state index is 0.0433. The van der Waals surface area contributed by atoms with Crippen molar-refractivity contribution in [3.63, 3.8) is 0 Å². The van der Waals surface area contributed by atoms with Crippen molar-refractivity contribution >= 4 is 34.0 Å². The second-order valence-electron chi connectivity index (χ2n) is 5.73. The number of carbonyl (C=O) groups excluding carboxylic acids is 1. The molecule has 114 valence electrons. The quantitative estimate of drug-likeness (QED) is 0.683. The van der Waals surface area contributed by atoms with E-state index in [1.807, 2.05) is 42.5 Å². The van der Waals surface area contributed by atoms with Gasteiger partial charge in [-0.05, 0) is 23.3 Å². The number of phenolic OH excluding ortho intramolecular Hbond substituents is 1. The van der Waals surface area contributed by atoms with E-state index in [9.17, 15) is 9.90 Å². The van der Waals surface area contributed by atoms with Crippen LogP contribution in [0.4, 0.5) is 5.69 Å². The van der Waals surface area contributed by atoms with Crippen molar-refractivity contribution < 1.29 is 9.90 Å². The van der Waals surface area contributed by atoms with Crippen molar-refractivity contribution in [2.24, 2.45) is 0 Å². The maximum Gasteiger partial charge on any atom is 0.225 e. The number of halogens is 1. The van der Waals surface area contributed by atoms with Gasteiger partial charge in [-0.1, -0.05) is 54.1 Å². The van der Waals surface area contributed by atoms with Crippen LogP contribution in [-0.4, -0.2) is 11.0 Å². The smallest absolute Gasteiger partial charge is 0.225 e. The fourth-order valence-electron chi connectivity index (χ4n) is 3.31. The third-order valence-corrected chi connectivity index (χ3v) is 4.72. The van der Waals surface area contributed by atoms with E-state index >= 15 is 0 Å². The number of carbonyl (C=O) groups is 1. The summed E-state index contributed by atoms with van der Waals surface area (Å²) in [4.78, 5) is 12.2. The number of phenols is 1. The Morgan fingerprint density at radius 1 is 0.957 bits per heavy atom. The second-order valence-corrected chi connectivity index (χ2v) is 6.14. The summed E-state index contributed by atoms with van der Waals surface area (Å²) >= 11 is 6.34. The van der Waals surface area contributed by atoms with Crippen LogP contribution in [0.5, 0.6) is 5.75 Å². The second kappa shape index (κ2) is 5.28. The minimum atomic E-state index is -0.0841. The Kier molecular flexibility index (Phi) is 3.24. The zero-order valence-corrected chi connectivity index (χ0v) is 13.0. The van der Waals surface area contributed by atoms with Gasteiger partial charge in [0.25, 0.3) is 0 Å². The SMILES string of the molecule is O=C1CC(c2ccccc2Cl)c2ccc3c(O)cccc3c2N1. The normalized spacial score (nSPS) is 16.9. The van der Waals surface area contributed by atoms with Gasteiger partial charge in [0.1, 0.15) is 5.75 Å². The van der Waals surface area contributed by atoms with Gasteiger partial charge in [0.15, 0.2) is 0 Å². The lowest BCUT2D eigenvalue weighted by atomic mass is 9.83. The first-order chi connectivity index (χ1) is 11.1. The van der Waals surface area contributed by atoms with E-state index < -0.39 is 0 Å². The van der Waals surface area contributed by atoms with Gasteiger partial charge in [0.2, 0.25) is 5.91 Å². The molecule has 0 saturated carbocycles. The van der Waals surface area contributed by atoms with Gasteiger partial charge in [0.05, 0.1) is 5.69 Å². The molecule has 0 aromatic heterocycles.